The van der Waals surface area contributed by atoms with Crippen molar-refractivity contribution >= 4 is 5.78 Å². The van der Waals surface area contributed by atoms with Gasteiger partial charge >= 0.3 is 0 Å². The van der Waals surface area contributed by atoms with Crippen LogP contribution in [0.4, 0.5) is 4.39 Å². The fourth-order valence-corrected chi connectivity index (χ4v) is 7.18. The molecule has 0 bridgehead atoms. The van der Waals surface area contributed by atoms with Crippen LogP contribution in [0.1, 0.15) is 51.9 Å². The van der Waals surface area contributed by atoms with Crippen molar-refractivity contribution in [3.8, 4) is 0 Å². The topological polar surface area (TPSA) is 77.8 Å². The van der Waals surface area contributed by atoms with Gasteiger partial charge in [0.05, 0.1) is 25.0 Å². The largest absolute Gasteiger partial charge is 0.393 e. The van der Waals surface area contributed by atoms with Gasteiger partial charge in [-0.2, -0.15) is 0 Å². The molecule has 0 aliphatic heterocycles. The van der Waals surface area contributed by atoms with Crippen LogP contribution < -0.4 is 0 Å². The average Bonchev–Trinajstić information content (AvgIpc) is 2.80. The number of aliphatic hydroxyl groups excluding tert-OH is 3. The lowest BCUT2D eigenvalue weighted by atomic mass is 9.44. The van der Waals surface area contributed by atoms with Crippen LogP contribution in [0.25, 0.3) is 0 Å². The number of fused-ring (bicyclic) bond motifs is 5. The summed E-state index contributed by atoms with van der Waals surface area (Å²) in [6.07, 6.45) is 1.80. The van der Waals surface area contributed by atoms with Crippen molar-refractivity contribution in [1.82, 2.24) is 0 Å². The fourth-order valence-electron chi connectivity index (χ4n) is 7.18. The lowest BCUT2D eigenvalue weighted by molar-refractivity contribution is -0.186. The van der Waals surface area contributed by atoms with Crippen molar-refractivity contribution in [2.45, 2.75) is 70.2 Å². The zero-order chi connectivity index (χ0) is 17.3. The van der Waals surface area contributed by atoms with Crippen molar-refractivity contribution < 1.29 is 24.5 Å². The Morgan fingerprint density at radius 3 is 2.67 bits per heavy atom. The zero-order valence-electron chi connectivity index (χ0n) is 14.3. The lowest BCUT2D eigenvalue weighted by Gasteiger charge is -2.61. The molecule has 4 fully saturated rings. The minimum Gasteiger partial charge on any atom is -0.393 e. The van der Waals surface area contributed by atoms with Crippen LogP contribution in [-0.4, -0.2) is 46.1 Å². The van der Waals surface area contributed by atoms with Gasteiger partial charge in [-0.3, -0.25) is 9.18 Å². The molecule has 0 amide bonds. The molecule has 136 valence electrons. The Kier molecular flexibility index (Phi) is 3.87. The number of alkyl halides is 1. The zero-order valence-corrected chi connectivity index (χ0v) is 14.3. The normalized spacial score (nSPS) is 57.2. The molecule has 24 heavy (non-hydrogen) atoms. The Bertz CT molecular complexity index is 539. The number of halogens is 1. The summed E-state index contributed by atoms with van der Waals surface area (Å²) in [5.74, 6) is 0.739. The Balaban J connectivity index is 1.71. The molecule has 5 heteroatoms. The third-order valence-corrected chi connectivity index (χ3v) is 8.38. The predicted molar refractivity (Wildman–Crippen MR) is 85.8 cm³/mol. The highest BCUT2D eigenvalue weighted by Crippen LogP contribution is 2.66. The predicted octanol–water partition coefficient (Wildman–Crippen LogP) is 1.85. The number of hydrogen-bond donors (Lipinski definition) is 3. The first-order chi connectivity index (χ1) is 11.3. The standard InChI is InChI=1S/C19H29FO4/c1-18-5-4-11(21)6-10(18)2-3-12-13-7-14(22)17(24)19(13,9-20)8-15(23)16(12)18/h10,12-17,22-24H,2-9H2,1H3/t10?,12-,13-,14?,15?,16+,17?,18-,19+/m0/s1. The van der Waals surface area contributed by atoms with Crippen LogP contribution in [0, 0.1) is 34.5 Å². The minimum atomic E-state index is -1.08. The molecule has 0 spiro atoms. The Morgan fingerprint density at radius 2 is 1.96 bits per heavy atom. The second-order valence-electron chi connectivity index (χ2n) is 9.21. The number of carbonyl (C=O) groups excluding carboxylic acids is 1. The lowest BCUT2D eigenvalue weighted by Crippen LogP contribution is -2.60. The minimum absolute atomic E-state index is 0.0477. The van der Waals surface area contributed by atoms with E-state index in [1.807, 2.05) is 0 Å². The molecule has 4 aliphatic carbocycles. The van der Waals surface area contributed by atoms with Crippen LogP contribution >= 0.6 is 0 Å². The van der Waals surface area contributed by atoms with Gasteiger partial charge in [0.25, 0.3) is 0 Å². The summed E-state index contributed by atoms with van der Waals surface area (Å²) < 4.78 is 14.0. The number of aliphatic hydroxyl groups is 3. The maximum Gasteiger partial charge on any atom is 0.133 e. The van der Waals surface area contributed by atoms with Crippen molar-refractivity contribution in [1.29, 1.82) is 0 Å². The van der Waals surface area contributed by atoms with Gasteiger partial charge in [-0.1, -0.05) is 6.92 Å². The van der Waals surface area contributed by atoms with E-state index in [-0.39, 0.29) is 29.6 Å². The van der Waals surface area contributed by atoms with E-state index in [1.165, 1.54) is 0 Å². The van der Waals surface area contributed by atoms with Gasteiger partial charge in [0.2, 0.25) is 0 Å². The molecule has 4 aliphatic rings. The number of rotatable bonds is 1. The van der Waals surface area contributed by atoms with Gasteiger partial charge in [0.1, 0.15) is 5.78 Å². The van der Waals surface area contributed by atoms with E-state index in [0.29, 0.717) is 31.0 Å². The molecule has 0 aromatic carbocycles. The van der Waals surface area contributed by atoms with Gasteiger partial charge in [-0.15, -0.1) is 0 Å². The highest BCUT2D eigenvalue weighted by Gasteiger charge is 2.66. The molecule has 3 N–H and O–H groups in total. The molecule has 0 saturated heterocycles. The molecule has 0 heterocycles. The molecule has 4 rings (SSSR count). The van der Waals surface area contributed by atoms with Crippen LogP contribution in [0.5, 0.6) is 0 Å². The second-order valence-corrected chi connectivity index (χ2v) is 9.21. The molecule has 4 saturated carbocycles. The summed E-state index contributed by atoms with van der Waals surface area (Å²) >= 11 is 0. The molecular formula is C19H29FO4. The molecule has 0 aromatic heterocycles. The first-order valence-electron chi connectivity index (χ1n) is 9.45. The van der Waals surface area contributed by atoms with Gasteiger partial charge in [0, 0.05) is 18.3 Å². The SMILES string of the molecule is C[C@]12CCC(=O)CC1CC[C@H]1[C@@H]3CC(O)C(O)[C@@]3(CF)CC(O)[C@@H]12. The molecular weight excluding hydrogens is 311 g/mol. The van der Waals surface area contributed by atoms with Crippen molar-refractivity contribution in [2.75, 3.05) is 6.67 Å². The second kappa shape index (κ2) is 5.49. The van der Waals surface area contributed by atoms with Crippen molar-refractivity contribution in [3.63, 3.8) is 0 Å². The highest BCUT2D eigenvalue weighted by molar-refractivity contribution is 5.79. The van der Waals surface area contributed by atoms with Crippen LogP contribution in [-0.2, 0) is 4.79 Å². The van der Waals surface area contributed by atoms with E-state index in [1.54, 1.807) is 0 Å². The number of ketones is 1. The maximum atomic E-state index is 14.0. The van der Waals surface area contributed by atoms with Gasteiger partial charge in [0.15, 0.2) is 0 Å². The molecule has 9 atom stereocenters. The third kappa shape index (κ3) is 2.04. The molecule has 4 nitrogen and oxygen atoms in total. The number of Topliss-reactive ketones (excluding diaryl/α,β-unsaturated/α-hetero) is 1. The Labute approximate surface area is 142 Å². The summed E-state index contributed by atoms with van der Waals surface area (Å²) in [5, 5.41) is 31.6. The van der Waals surface area contributed by atoms with E-state index in [4.69, 9.17) is 0 Å². The quantitative estimate of drug-likeness (QED) is 0.681. The van der Waals surface area contributed by atoms with Crippen molar-refractivity contribution in [2.24, 2.45) is 34.5 Å². The van der Waals surface area contributed by atoms with Crippen LogP contribution in [0.2, 0.25) is 0 Å². The number of carbonyl (C=O) groups is 1. The Morgan fingerprint density at radius 1 is 1.21 bits per heavy atom. The summed E-state index contributed by atoms with van der Waals surface area (Å²) in [6.45, 7) is 1.52. The van der Waals surface area contributed by atoms with Crippen molar-refractivity contribution in [3.05, 3.63) is 0 Å². The highest BCUT2D eigenvalue weighted by atomic mass is 19.1. The smallest absolute Gasteiger partial charge is 0.133 e. The van der Waals surface area contributed by atoms with Gasteiger partial charge < -0.3 is 15.3 Å². The first kappa shape index (κ1) is 16.9. The summed E-state index contributed by atoms with van der Waals surface area (Å²) in [5.41, 5.74) is -1.08. The van der Waals surface area contributed by atoms with Gasteiger partial charge in [-0.05, 0) is 61.2 Å². The maximum absolute atomic E-state index is 14.0. The monoisotopic (exact) mass is 340 g/mol. The summed E-state index contributed by atoms with van der Waals surface area (Å²) in [6, 6.07) is 0. The van der Waals surface area contributed by atoms with E-state index in [2.05, 4.69) is 6.92 Å². The van der Waals surface area contributed by atoms with E-state index >= 15 is 0 Å². The van der Waals surface area contributed by atoms with E-state index in [9.17, 15) is 24.5 Å². The third-order valence-electron chi connectivity index (χ3n) is 8.38. The average molecular weight is 340 g/mol. The van der Waals surface area contributed by atoms with Crippen LogP contribution in [0.15, 0.2) is 0 Å². The van der Waals surface area contributed by atoms with E-state index in [0.717, 1.165) is 19.3 Å². The van der Waals surface area contributed by atoms with Crippen LogP contribution in [0.3, 0.4) is 0 Å². The summed E-state index contributed by atoms with van der Waals surface area (Å²) in [4.78, 5) is 11.9. The van der Waals surface area contributed by atoms with E-state index < -0.39 is 30.4 Å². The van der Waals surface area contributed by atoms with Gasteiger partial charge in [-0.25, -0.2) is 0 Å². The summed E-state index contributed by atoms with van der Waals surface area (Å²) in [7, 11) is 0. The molecule has 4 unspecified atom stereocenters. The number of hydrogen-bond acceptors (Lipinski definition) is 4. The first-order valence-corrected chi connectivity index (χ1v) is 9.45. The fraction of sp³-hybridized carbons (Fsp3) is 0.947. The molecule has 0 radical (unpaired) electrons. The Hall–Kier alpha value is -0.520. The molecule has 0 aromatic rings.